The highest BCUT2D eigenvalue weighted by molar-refractivity contribution is 5.68. The predicted molar refractivity (Wildman–Crippen MR) is 84.3 cm³/mol. The van der Waals surface area contributed by atoms with Crippen molar-refractivity contribution in [2.45, 2.75) is 71.6 Å². The molecule has 0 aliphatic carbocycles. The van der Waals surface area contributed by atoms with Gasteiger partial charge in [-0.15, -0.1) is 0 Å². The molecule has 21 heavy (non-hydrogen) atoms. The van der Waals surface area contributed by atoms with E-state index in [-0.39, 0.29) is 18.2 Å². The van der Waals surface area contributed by atoms with Gasteiger partial charge in [-0.05, 0) is 52.9 Å². The minimum atomic E-state index is -0.445. The first-order valence-corrected chi connectivity index (χ1v) is 8.12. The highest BCUT2D eigenvalue weighted by Crippen LogP contribution is 2.21. The van der Waals surface area contributed by atoms with Crippen molar-refractivity contribution in [1.29, 1.82) is 0 Å². The third-order valence-electron chi connectivity index (χ3n) is 3.96. The van der Waals surface area contributed by atoms with Crippen LogP contribution < -0.4 is 5.32 Å². The zero-order chi connectivity index (χ0) is 16.0. The standard InChI is InChI=1S/C16H32N2O3/c1-6-14(19)10-17-12(2)13-8-7-9-18(11-13)15(20)21-16(3,4)5/h12-14,17,19H,6-11H2,1-5H3. The van der Waals surface area contributed by atoms with Crippen LogP contribution in [0.2, 0.25) is 0 Å². The van der Waals surface area contributed by atoms with Gasteiger partial charge in [0.05, 0.1) is 6.10 Å². The van der Waals surface area contributed by atoms with Gasteiger partial charge in [0.2, 0.25) is 0 Å². The summed E-state index contributed by atoms with van der Waals surface area (Å²) in [6.07, 6.45) is 2.36. The molecule has 0 saturated carbocycles. The Morgan fingerprint density at radius 1 is 1.48 bits per heavy atom. The summed E-state index contributed by atoms with van der Waals surface area (Å²) in [4.78, 5) is 14.0. The number of rotatable bonds is 5. The minimum absolute atomic E-state index is 0.215. The Balaban J connectivity index is 2.46. The molecule has 1 heterocycles. The van der Waals surface area contributed by atoms with Crippen LogP contribution in [0.5, 0.6) is 0 Å². The monoisotopic (exact) mass is 300 g/mol. The normalized spacial score (nSPS) is 22.8. The Morgan fingerprint density at radius 3 is 2.71 bits per heavy atom. The van der Waals surface area contributed by atoms with Crippen LogP contribution in [0, 0.1) is 5.92 Å². The first-order valence-electron chi connectivity index (χ1n) is 8.12. The molecular formula is C16H32N2O3. The van der Waals surface area contributed by atoms with E-state index in [1.807, 2.05) is 32.6 Å². The average Bonchev–Trinajstić information content (AvgIpc) is 2.42. The Labute approximate surface area is 129 Å². The van der Waals surface area contributed by atoms with E-state index in [1.165, 1.54) is 0 Å². The fourth-order valence-electron chi connectivity index (χ4n) is 2.54. The lowest BCUT2D eigenvalue weighted by atomic mass is 9.91. The second-order valence-corrected chi connectivity index (χ2v) is 7.09. The number of nitrogens with zero attached hydrogens (tertiary/aromatic N) is 1. The number of ether oxygens (including phenoxy) is 1. The van der Waals surface area contributed by atoms with Gasteiger partial charge in [0, 0.05) is 25.7 Å². The lowest BCUT2D eigenvalue weighted by molar-refractivity contribution is 0.0145. The van der Waals surface area contributed by atoms with Crippen molar-refractivity contribution < 1.29 is 14.6 Å². The van der Waals surface area contributed by atoms with Crippen LogP contribution in [0.25, 0.3) is 0 Å². The number of hydrogen-bond donors (Lipinski definition) is 2. The van der Waals surface area contributed by atoms with Gasteiger partial charge >= 0.3 is 6.09 Å². The first-order chi connectivity index (χ1) is 9.73. The van der Waals surface area contributed by atoms with E-state index in [1.54, 1.807) is 0 Å². The predicted octanol–water partition coefficient (Wildman–Crippen LogP) is 2.38. The summed E-state index contributed by atoms with van der Waals surface area (Å²) in [7, 11) is 0. The van der Waals surface area contributed by atoms with Crippen molar-refractivity contribution in [1.82, 2.24) is 10.2 Å². The van der Waals surface area contributed by atoms with Gasteiger partial charge < -0.3 is 20.1 Å². The molecule has 0 aromatic rings. The van der Waals surface area contributed by atoms with Gasteiger partial charge in [-0.25, -0.2) is 4.79 Å². The van der Waals surface area contributed by atoms with E-state index in [0.717, 1.165) is 32.4 Å². The third-order valence-corrected chi connectivity index (χ3v) is 3.96. The molecule has 3 atom stereocenters. The molecule has 1 rings (SSSR count). The van der Waals surface area contributed by atoms with Crippen LogP contribution in [0.1, 0.15) is 53.9 Å². The molecule has 0 aromatic carbocycles. The molecule has 2 N–H and O–H groups in total. The molecule has 5 nitrogen and oxygen atoms in total. The van der Waals surface area contributed by atoms with Gasteiger partial charge in [-0.3, -0.25) is 0 Å². The van der Waals surface area contributed by atoms with Crippen molar-refractivity contribution >= 4 is 6.09 Å². The van der Waals surface area contributed by atoms with Gasteiger partial charge in [-0.1, -0.05) is 6.92 Å². The molecule has 5 heteroatoms. The number of likely N-dealkylation sites (tertiary alicyclic amines) is 1. The summed E-state index contributed by atoms with van der Waals surface area (Å²) in [5.41, 5.74) is -0.445. The number of hydrogen-bond acceptors (Lipinski definition) is 4. The van der Waals surface area contributed by atoms with E-state index >= 15 is 0 Å². The fraction of sp³-hybridized carbons (Fsp3) is 0.938. The third kappa shape index (κ3) is 6.66. The molecule has 1 fully saturated rings. The number of nitrogens with one attached hydrogen (secondary N) is 1. The lowest BCUT2D eigenvalue weighted by Gasteiger charge is -2.37. The highest BCUT2D eigenvalue weighted by atomic mass is 16.6. The molecule has 0 bridgehead atoms. The number of aliphatic hydroxyl groups is 1. The molecular weight excluding hydrogens is 268 g/mol. The lowest BCUT2D eigenvalue weighted by Crippen LogP contribution is -2.48. The van der Waals surface area contributed by atoms with E-state index in [4.69, 9.17) is 4.74 Å². The summed E-state index contributed by atoms with van der Waals surface area (Å²) in [5, 5.41) is 13.0. The molecule has 1 amide bonds. The Bertz CT molecular complexity index is 328. The maximum atomic E-state index is 12.1. The summed E-state index contributed by atoms with van der Waals surface area (Å²) in [6, 6.07) is 0.288. The van der Waals surface area contributed by atoms with Crippen molar-refractivity contribution in [3.05, 3.63) is 0 Å². The van der Waals surface area contributed by atoms with Crippen molar-refractivity contribution in [2.24, 2.45) is 5.92 Å². The van der Waals surface area contributed by atoms with Gasteiger partial charge in [-0.2, -0.15) is 0 Å². The number of carbonyl (C=O) groups is 1. The van der Waals surface area contributed by atoms with Gasteiger partial charge in [0.15, 0.2) is 0 Å². The van der Waals surface area contributed by atoms with Gasteiger partial charge in [0.1, 0.15) is 5.60 Å². The van der Waals surface area contributed by atoms with E-state index in [2.05, 4.69) is 12.2 Å². The molecule has 3 unspecified atom stereocenters. The van der Waals surface area contributed by atoms with Crippen LogP contribution >= 0.6 is 0 Å². The maximum Gasteiger partial charge on any atom is 0.410 e. The van der Waals surface area contributed by atoms with Crippen molar-refractivity contribution in [3.63, 3.8) is 0 Å². The fourth-order valence-corrected chi connectivity index (χ4v) is 2.54. The number of carbonyl (C=O) groups excluding carboxylic acids is 1. The second kappa shape index (κ2) is 7.99. The van der Waals surface area contributed by atoms with Crippen LogP contribution in [-0.2, 0) is 4.74 Å². The topological polar surface area (TPSA) is 61.8 Å². The Kier molecular flexibility index (Phi) is 6.94. The quantitative estimate of drug-likeness (QED) is 0.818. The molecule has 124 valence electrons. The highest BCUT2D eigenvalue weighted by Gasteiger charge is 2.30. The van der Waals surface area contributed by atoms with Crippen molar-refractivity contribution in [3.8, 4) is 0 Å². The smallest absolute Gasteiger partial charge is 0.410 e. The number of piperidine rings is 1. The Hall–Kier alpha value is -0.810. The molecule has 1 saturated heterocycles. The molecule has 0 aromatic heterocycles. The van der Waals surface area contributed by atoms with Crippen LogP contribution in [0.15, 0.2) is 0 Å². The Morgan fingerprint density at radius 2 is 2.14 bits per heavy atom. The zero-order valence-corrected chi connectivity index (χ0v) is 14.2. The number of amides is 1. The van der Waals surface area contributed by atoms with Crippen LogP contribution in [-0.4, -0.2) is 53.5 Å². The van der Waals surface area contributed by atoms with E-state index < -0.39 is 5.60 Å². The molecule has 1 aliphatic rings. The van der Waals surface area contributed by atoms with Crippen molar-refractivity contribution in [2.75, 3.05) is 19.6 Å². The largest absolute Gasteiger partial charge is 0.444 e. The van der Waals surface area contributed by atoms with Crippen LogP contribution in [0.4, 0.5) is 4.79 Å². The SMILES string of the molecule is CCC(O)CNC(C)C1CCCN(C(=O)OC(C)(C)C)C1. The van der Waals surface area contributed by atoms with E-state index in [0.29, 0.717) is 12.5 Å². The second-order valence-electron chi connectivity index (χ2n) is 7.09. The average molecular weight is 300 g/mol. The summed E-state index contributed by atoms with van der Waals surface area (Å²) >= 11 is 0. The maximum absolute atomic E-state index is 12.1. The summed E-state index contributed by atoms with van der Waals surface area (Å²) in [5.74, 6) is 0.412. The van der Waals surface area contributed by atoms with Gasteiger partial charge in [0.25, 0.3) is 0 Å². The molecule has 0 radical (unpaired) electrons. The summed E-state index contributed by atoms with van der Waals surface area (Å²) in [6.45, 7) is 11.9. The van der Waals surface area contributed by atoms with E-state index in [9.17, 15) is 9.90 Å². The zero-order valence-electron chi connectivity index (χ0n) is 14.2. The number of aliphatic hydroxyl groups excluding tert-OH is 1. The first kappa shape index (κ1) is 18.2. The van der Waals surface area contributed by atoms with Crippen LogP contribution in [0.3, 0.4) is 0 Å². The summed E-state index contributed by atoms with van der Waals surface area (Å²) < 4.78 is 5.45. The molecule has 0 spiro atoms. The molecule has 1 aliphatic heterocycles. The minimum Gasteiger partial charge on any atom is -0.444 e.